The van der Waals surface area contributed by atoms with Crippen LogP contribution in [0.25, 0.3) is 10.8 Å². The molecule has 1 fully saturated rings. The molecule has 4 aromatic rings. The summed E-state index contributed by atoms with van der Waals surface area (Å²) in [7, 11) is -2.56. The molecule has 1 amide bonds. The topological polar surface area (TPSA) is 141 Å². The molecular weight excluding hydrogens is 611 g/mol. The van der Waals surface area contributed by atoms with Crippen LogP contribution < -0.4 is 15.8 Å². The van der Waals surface area contributed by atoms with Crippen LogP contribution in [0.4, 0.5) is 15.9 Å². The minimum Gasteiger partial charge on any atom is -0.494 e. The molecule has 0 spiro atoms. The smallest absolute Gasteiger partial charge is 0.311 e. The molecule has 1 aliphatic heterocycles. The summed E-state index contributed by atoms with van der Waals surface area (Å²) in [5, 5.41) is 3.92. The Bertz CT molecular complexity index is 1880. The van der Waals surface area contributed by atoms with E-state index in [0.717, 1.165) is 5.39 Å². The van der Waals surface area contributed by atoms with Gasteiger partial charge in [0.1, 0.15) is 23.4 Å². The number of fused-ring (bicyclic) bond motifs is 1. The molecule has 46 heavy (non-hydrogen) atoms. The molecule has 10 nitrogen and oxygen atoms in total. The SMILES string of the molecule is CCOc1ccc(F)c([C@@H](Nc2ccc3c(N)nccc3c2)C(=O)N2CC[C@H](C(=O)OC)[C@@H]2c2ccccc2S(=O)(=O)C(C)C)c1. The fraction of sp³-hybridized carbons (Fsp3) is 0.324. The van der Waals surface area contributed by atoms with E-state index in [0.29, 0.717) is 34.8 Å². The summed E-state index contributed by atoms with van der Waals surface area (Å²) in [6.45, 7) is 5.37. The summed E-state index contributed by atoms with van der Waals surface area (Å²) in [4.78, 5) is 33.4. The van der Waals surface area contributed by atoms with E-state index in [1.165, 1.54) is 36.3 Å². The van der Waals surface area contributed by atoms with Gasteiger partial charge in [0.25, 0.3) is 0 Å². The maximum Gasteiger partial charge on any atom is 0.311 e. The van der Waals surface area contributed by atoms with Crippen molar-refractivity contribution < 1.29 is 31.9 Å². The minimum absolute atomic E-state index is 0.0219. The molecule has 3 N–H and O–H groups in total. The lowest BCUT2D eigenvalue weighted by molar-refractivity contribution is -0.147. The molecule has 12 heteroatoms. The lowest BCUT2D eigenvalue weighted by Gasteiger charge is -2.33. The first kappa shape index (κ1) is 32.7. The molecule has 1 aromatic heterocycles. The number of anilines is 2. The van der Waals surface area contributed by atoms with Gasteiger partial charge in [-0.3, -0.25) is 9.59 Å². The number of ether oxygens (including phenoxy) is 2. The number of methoxy groups -OCH3 is 1. The lowest BCUT2D eigenvalue weighted by Crippen LogP contribution is -2.40. The predicted octanol–water partition coefficient (Wildman–Crippen LogP) is 5.45. The zero-order chi connectivity index (χ0) is 33.2. The van der Waals surface area contributed by atoms with Gasteiger partial charge in [-0.25, -0.2) is 17.8 Å². The van der Waals surface area contributed by atoms with Crippen molar-refractivity contribution in [2.24, 2.45) is 5.92 Å². The summed E-state index contributed by atoms with van der Waals surface area (Å²) in [6.07, 6.45) is 1.79. The number of nitrogens with one attached hydrogen (secondary N) is 1. The van der Waals surface area contributed by atoms with Crippen LogP contribution in [0.15, 0.2) is 77.8 Å². The van der Waals surface area contributed by atoms with Crippen LogP contribution in [0, 0.1) is 11.7 Å². The Hall–Kier alpha value is -4.71. The number of hydrogen-bond acceptors (Lipinski definition) is 9. The Morgan fingerprint density at radius 1 is 1.11 bits per heavy atom. The van der Waals surface area contributed by atoms with Gasteiger partial charge < -0.3 is 25.4 Å². The number of nitrogen functional groups attached to an aromatic ring is 1. The number of likely N-dealkylation sites (tertiary alicyclic amines) is 1. The average molecular weight is 649 g/mol. The number of hydrogen-bond donors (Lipinski definition) is 2. The fourth-order valence-corrected chi connectivity index (χ4v) is 7.25. The summed E-state index contributed by atoms with van der Waals surface area (Å²) in [5.74, 6) is -1.92. The summed E-state index contributed by atoms with van der Waals surface area (Å²) in [6, 6.07) is 15.3. The lowest BCUT2D eigenvalue weighted by atomic mass is 9.93. The van der Waals surface area contributed by atoms with E-state index in [1.54, 1.807) is 69.4 Å². The van der Waals surface area contributed by atoms with Crippen LogP contribution in [0.5, 0.6) is 5.75 Å². The van der Waals surface area contributed by atoms with Gasteiger partial charge in [-0.2, -0.15) is 0 Å². The minimum atomic E-state index is -3.81. The Morgan fingerprint density at radius 2 is 1.87 bits per heavy atom. The van der Waals surface area contributed by atoms with Crippen LogP contribution in [0.2, 0.25) is 0 Å². The first-order valence-corrected chi connectivity index (χ1v) is 16.6. The zero-order valence-corrected chi connectivity index (χ0v) is 26.9. The summed E-state index contributed by atoms with van der Waals surface area (Å²) in [5.41, 5.74) is 6.86. The fourth-order valence-electron chi connectivity index (χ4n) is 5.96. The Balaban J connectivity index is 1.65. The molecule has 0 aliphatic carbocycles. The quantitative estimate of drug-likeness (QED) is 0.215. The van der Waals surface area contributed by atoms with Crippen molar-refractivity contribution in [3.63, 3.8) is 0 Å². The van der Waals surface area contributed by atoms with E-state index in [4.69, 9.17) is 15.2 Å². The predicted molar refractivity (Wildman–Crippen MR) is 173 cm³/mol. The molecule has 1 saturated heterocycles. The van der Waals surface area contributed by atoms with Crippen molar-refractivity contribution in [1.82, 2.24) is 9.88 Å². The third kappa shape index (κ3) is 6.21. The third-order valence-corrected chi connectivity index (χ3v) is 10.5. The van der Waals surface area contributed by atoms with Gasteiger partial charge in [0.15, 0.2) is 9.84 Å². The first-order chi connectivity index (χ1) is 22.0. The third-order valence-electron chi connectivity index (χ3n) is 8.29. The van der Waals surface area contributed by atoms with Crippen molar-refractivity contribution >= 4 is 44.0 Å². The number of pyridine rings is 1. The van der Waals surface area contributed by atoms with Crippen molar-refractivity contribution in [1.29, 1.82) is 0 Å². The molecule has 2 heterocycles. The Labute approximate surface area is 267 Å². The van der Waals surface area contributed by atoms with E-state index in [1.807, 2.05) is 0 Å². The van der Waals surface area contributed by atoms with Crippen LogP contribution in [-0.4, -0.2) is 55.7 Å². The molecule has 242 valence electrons. The standard InChI is InChI=1S/C34H37FN4O6S/c1-5-45-23-11-13-28(35)27(19-23)30(38-22-10-12-24-21(18-22)14-16-37-32(24)36)33(40)39-17-15-26(34(41)44-4)31(39)25-8-6-7-9-29(25)46(42,43)20(2)3/h6-14,16,18-20,26,30-31,38H,5,15,17H2,1-4H3,(H2,36,37)/t26-,30+,31-/m0/s1. The maximum absolute atomic E-state index is 15.7. The number of rotatable bonds is 10. The van der Waals surface area contributed by atoms with E-state index < -0.39 is 50.8 Å². The highest BCUT2D eigenvalue weighted by Gasteiger charge is 2.46. The molecule has 3 aromatic carbocycles. The molecule has 1 aliphatic rings. The number of esters is 1. The second kappa shape index (κ2) is 13.3. The number of benzene rings is 3. The maximum atomic E-state index is 15.7. The number of sulfone groups is 1. The normalized spacial score (nSPS) is 17.2. The number of nitrogens with zero attached hydrogens (tertiary/aromatic N) is 2. The molecule has 3 atom stereocenters. The average Bonchev–Trinajstić information content (AvgIpc) is 3.49. The zero-order valence-electron chi connectivity index (χ0n) is 26.1. The summed E-state index contributed by atoms with van der Waals surface area (Å²) >= 11 is 0. The van der Waals surface area contributed by atoms with Crippen LogP contribution in [0.3, 0.4) is 0 Å². The highest BCUT2D eigenvalue weighted by molar-refractivity contribution is 7.92. The Kier molecular flexibility index (Phi) is 9.47. The van der Waals surface area contributed by atoms with E-state index in [2.05, 4.69) is 10.3 Å². The Morgan fingerprint density at radius 3 is 2.59 bits per heavy atom. The molecule has 5 rings (SSSR count). The monoisotopic (exact) mass is 648 g/mol. The first-order valence-electron chi connectivity index (χ1n) is 15.0. The number of aromatic nitrogens is 1. The molecule has 0 radical (unpaired) electrons. The number of amides is 1. The molecule has 0 saturated carbocycles. The van der Waals surface area contributed by atoms with Crippen LogP contribution in [0.1, 0.15) is 50.4 Å². The number of carbonyl (C=O) groups excluding carboxylic acids is 2. The van der Waals surface area contributed by atoms with E-state index >= 15 is 4.39 Å². The van der Waals surface area contributed by atoms with Crippen molar-refractivity contribution in [2.45, 2.75) is 49.4 Å². The van der Waals surface area contributed by atoms with Gasteiger partial charge in [-0.05, 0) is 86.7 Å². The van der Waals surface area contributed by atoms with Crippen molar-refractivity contribution in [3.05, 3.63) is 89.9 Å². The van der Waals surface area contributed by atoms with Gasteiger partial charge in [0.2, 0.25) is 5.91 Å². The summed E-state index contributed by atoms with van der Waals surface area (Å²) < 4.78 is 53.4. The van der Waals surface area contributed by atoms with E-state index in [9.17, 15) is 18.0 Å². The van der Waals surface area contributed by atoms with Crippen LogP contribution >= 0.6 is 0 Å². The largest absolute Gasteiger partial charge is 0.494 e. The number of carbonyl (C=O) groups is 2. The number of halogens is 1. The highest BCUT2D eigenvalue weighted by atomic mass is 32.2. The molecule has 0 bridgehead atoms. The highest BCUT2D eigenvalue weighted by Crippen LogP contribution is 2.43. The van der Waals surface area contributed by atoms with Crippen molar-refractivity contribution in [2.75, 3.05) is 31.3 Å². The van der Waals surface area contributed by atoms with E-state index in [-0.39, 0.29) is 23.4 Å². The van der Waals surface area contributed by atoms with Gasteiger partial charge in [0.05, 0.1) is 35.8 Å². The van der Waals surface area contributed by atoms with Crippen molar-refractivity contribution in [3.8, 4) is 5.75 Å². The molecule has 0 unspecified atom stereocenters. The van der Waals surface area contributed by atoms with Gasteiger partial charge in [0, 0.05) is 29.4 Å². The van der Waals surface area contributed by atoms with Gasteiger partial charge >= 0.3 is 5.97 Å². The second-order valence-electron chi connectivity index (χ2n) is 11.4. The van der Waals surface area contributed by atoms with Crippen LogP contribution in [-0.2, 0) is 24.2 Å². The number of nitrogens with two attached hydrogens (primary N) is 1. The van der Waals surface area contributed by atoms with Gasteiger partial charge in [-0.1, -0.05) is 18.2 Å². The molecular formula is C34H37FN4O6S. The second-order valence-corrected chi connectivity index (χ2v) is 13.8. The van der Waals surface area contributed by atoms with Gasteiger partial charge in [-0.15, -0.1) is 0 Å².